The first-order chi connectivity index (χ1) is 11.3. The van der Waals surface area contributed by atoms with Gasteiger partial charge in [0, 0.05) is 26.3 Å². The predicted octanol–water partition coefficient (Wildman–Crippen LogP) is 1.62. The van der Waals surface area contributed by atoms with Crippen molar-refractivity contribution in [3.8, 4) is 11.5 Å². The number of nitrogens with zero attached hydrogens (tertiary/aromatic N) is 2. The average Bonchev–Trinajstić information content (AvgIpc) is 2.90. The van der Waals surface area contributed by atoms with Crippen molar-refractivity contribution < 1.29 is 23.9 Å². The minimum atomic E-state index is -0.589. The van der Waals surface area contributed by atoms with E-state index in [0.717, 1.165) is 0 Å². The molecule has 0 aliphatic carbocycles. The Morgan fingerprint density at radius 1 is 1.25 bits per heavy atom. The van der Waals surface area contributed by atoms with Gasteiger partial charge in [0.2, 0.25) is 11.8 Å². The highest BCUT2D eigenvalue weighted by Crippen LogP contribution is 2.45. The largest absolute Gasteiger partial charge is 0.493 e. The molecule has 1 N–H and O–H groups in total. The van der Waals surface area contributed by atoms with Crippen LogP contribution in [0.5, 0.6) is 11.5 Å². The van der Waals surface area contributed by atoms with E-state index in [0.29, 0.717) is 16.5 Å². The zero-order chi connectivity index (χ0) is 17.9. The maximum absolute atomic E-state index is 11.9. The highest BCUT2D eigenvalue weighted by atomic mass is 32.2. The predicted molar refractivity (Wildman–Crippen MR) is 88.4 cm³/mol. The van der Waals surface area contributed by atoms with Crippen LogP contribution in [-0.2, 0) is 14.4 Å². The lowest BCUT2D eigenvalue weighted by Crippen LogP contribution is -2.25. The van der Waals surface area contributed by atoms with E-state index in [9.17, 15) is 14.4 Å². The number of para-hydroxylation sites is 1. The molecule has 0 fully saturated rings. The van der Waals surface area contributed by atoms with Crippen LogP contribution in [-0.4, -0.2) is 35.1 Å². The van der Waals surface area contributed by atoms with Gasteiger partial charge in [-0.05, 0) is 6.07 Å². The van der Waals surface area contributed by atoms with Crippen LogP contribution in [0, 0.1) is 0 Å². The smallest absolute Gasteiger partial charge is 0.308 e. The zero-order valence-electron chi connectivity index (χ0n) is 13.7. The first-order valence-corrected chi connectivity index (χ1v) is 7.89. The molecule has 1 aliphatic heterocycles. The molecule has 1 aromatic carbocycles. The summed E-state index contributed by atoms with van der Waals surface area (Å²) in [4.78, 5) is 34.6. The Labute approximate surface area is 143 Å². The van der Waals surface area contributed by atoms with Crippen molar-refractivity contribution in [3.63, 3.8) is 0 Å². The summed E-state index contributed by atoms with van der Waals surface area (Å²) in [5, 5.41) is 7.59. The number of amidine groups is 1. The lowest BCUT2D eigenvalue weighted by Gasteiger charge is -2.22. The molecule has 0 radical (unpaired) electrons. The average molecular weight is 351 g/mol. The molecule has 0 saturated heterocycles. The Kier molecular flexibility index (Phi) is 5.45. The standard InChI is InChI=1S/C15H17N3O5S/c1-8(19)16-15-17-18(9(2)20)14(24-15)11-6-5-7-12(22-4)13(11)23-10(3)21/h5-7,14H,1-4H3,(H,16,17,19)/t14-/m0/s1. The van der Waals surface area contributed by atoms with Crippen LogP contribution >= 0.6 is 11.8 Å². The van der Waals surface area contributed by atoms with Crippen molar-refractivity contribution in [2.45, 2.75) is 26.1 Å². The molecule has 128 valence electrons. The highest BCUT2D eigenvalue weighted by molar-refractivity contribution is 8.14. The van der Waals surface area contributed by atoms with Crippen LogP contribution in [0.3, 0.4) is 0 Å². The van der Waals surface area contributed by atoms with Gasteiger partial charge in [-0.2, -0.15) is 0 Å². The van der Waals surface area contributed by atoms with Gasteiger partial charge in [-0.15, -0.1) is 5.10 Å². The molecular formula is C15H17N3O5S. The Morgan fingerprint density at radius 2 is 1.96 bits per heavy atom. The summed E-state index contributed by atoms with van der Waals surface area (Å²) in [6, 6.07) is 5.08. The Balaban J connectivity index is 2.44. The molecule has 2 rings (SSSR count). The Morgan fingerprint density at radius 3 is 2.50 bits per heavy atom. The topological polar surface area (TPSA) is 97.3 Å². The number of esters is 1. The highest BCUT2D eigenvalue weighted by Gasteiger charge is 2.35. The van der Waals surface area contributed by atoms with Gasteiger partial charge in [0.25, 0.3) is 0 Å². The Bertz CT molecular complexity index is 719. The maximum Gasteiger partial charge on any atom is 0.308 e. The van der Waals surface area contributed by atoms with Gasteiger partial charge in [-0.3, -0.25) is 14.4 Å². The Hall–Kier alpha value is -2.55. The number of benzene rings is 1. The molecular weight excluding hydrogens is 334 g/mol. The van der Waals surface area contributed by atoms with E-state index in [1.165, 1.54) is 44.7 Å². The van der Waals surface area contributed by atoms with Gasteiger partial charge >= 0.3 is 5.97 Å². The SMILES string of the molecule is COc1cccc([C@@H]2SC(NC(C)=O)=NN2C(C)=O)c1OC(C)=O. The van der Waals surface area contributed by atoms with E-state index in [1.54, 1.807) is 18.2 Å². The summed E-state index contributed by atoms with van der Waals surface area (Å²) in [7, 11) is 1.45. The maximum atomic E-state index is 11.9. The van der Waals surface area contributed by atoms with E-state index >= 15 is 0 Å². The van der Waals surface area contributed by atoms with Crippen LogP contribution in [0.2, 0.25) is 0 Å². The van der Waals surface area contributed by atoms with Crippen LogP contribution < -0.4 is 14.8 Å². The summed E-state index contributed by atoms with van der Waals surface area (Å²) in [5.74, 6) is -0.544. The van der Waals surface area contributed by atoms with Gasteiger partial charge in [0.15, 0.2) is 16.7 Å². The van der Waals surface area contributed by atoms with Crippen molar-refractivity contribution in [2.75, 3.05) is 7.11 Å². The summed E-state index contributed by atoms with van der Waals surface area (Å²) in [5.41, 5.74) is 0.536. The first kappa shape index (κ1) is 17.8. The van der Waals surface area contributed by atoms with Gasteiger partial charge < -0.3 is 14.8 Å². The van der Waals surface area contributed by atoms with E-state index in [4.69, 9.17) is 9.47 Å². The third kappa shape index (κ3) is 3.85. The van der Waals surface area contributed by atoms with Gasteiger partial charge in [-0.1, -0.05) is 23.9 Å². The molecule has 24 heavy (non-hydrogen) atoms. The quantitative estimate of drug-likeness (QED) is 0.656. The minimum Gasteiger partial charge on any atom is -0.493 e. The summed E-state index contributed by atoms with van der Waals surface area (Å²) < 4.78 is 10.5. The molecule has 8 nitrogen and oxygen atoms in total. The molecule has 0 unspecified atom stereocenters. The number of hydrazone groups is 1. The molecule has 1 heterocycles. The van der Waals surface area contributed by atoms with E-state index < -0.39 is 11.3 Å². The lowest BCUT2D eigenvalue weighted by atomic mass is 10.1. The van der Waals surface area contributed by atoms with Gasteiger partial charge in [0.1, 0.15) is 5.37 Å². The van der Waals surface area contributed by atoms with Gasteiger partial charge in [0.05, 0.1) is 7.11 Å². The molecule has 0 bridgehead atoms. The fraction of sp³-hybridized carbons (Fsp3) is 0.333. The fourth-order valence-corrected chi connectivity index (χ4v) is 3.26. The number of carbonyl (C=O) groups excluding carboxylic acids is 3. The summed E-state index contributed by atoms with van der Waals surface area (Å²) in [6.45, 7) is 3.99. The number of rotatable bonds is 3. The molecule has 0 spiro atoms. The monoisotopic (exact) mass is 351 g/mol. The third-order valence-electron chi connectivity index (χ3n) is 2.99. The second-order valence-electron chi connectivity index (χ2n) is 4.89. The van der Waals surface area contributed by atoms with E-state index in [1.807, 2.05) is 0 Å². The molecule has 9 heteroatoms. The number of hydrogen-bond acceptors (Lipinski definition) is 7. The second-order valence-corrected chi connectivity index (χ2v) is 5.96. The van der Waals surface area contributed by atoms with Crippen molar-refractivity contribution in [3.05, 3.63) is 23.8 Å². The number of nitrogens with one attached hydrogen (secondary N) is 1. The van der Waals surface area contributed by atoms with Crippen LogP contribution in [0.15, 0.2) is 23.3 Å². The summed E-state index contributed by atoms with van der Waals surface area (Å²) in [6.07, 6.45) is 0. The normalized spacial score (nSPS) is 16.4. The molecule has 0 saturated carbocycles. The second kappa shape index (κ2) is 7.35. The minimum absolute atomic E-state index is 0.218. The molecule has 0 aromatic heterocycles. The van der Waals surface area contributed by atoms with Crippen LogP contribution in [0.4, 0.5) is 0 Å². The zero-order valence-corrected chi connectivity index (χ0v) is 14.5. The van der Waals surface area contributed by atoms with E-state index in [2.05, 4.69) is 10.4 Å². The van der Waals surface area contributed by atoms with Crippen molar-refractivity contribution in [2.24, 2.45) is 5.10 Å². The molecule has 1 atom stereocenters. The van der Waals surface area contributed by atoms with E-state index in [-0.39, 0.29) is 17.6 Å². The van der Waals surface area contributed by atoms with Crippen molar-refractivity contribution in [1.82, 2.24) is 10.3 Å². The molecule has 1 aliphatic rings. The molecule has 2 amide bonds. The number of hydrogen-bond donors (Lipinski definition) is 1. The van der Waals surface area contributed by atoms with Crippen LogP contribution in [0.25, 0.3) is 0 Å². The first-order valence-electron chi connectivity index (χ1n) is 7.01. The van der Waals surface area contributed by atoms with Crippen molar-refractivity contribution in [1.29, 1.82) is 0 Å². The number of methoxy groups -OCH3 is 1. The fourth-order valence-electron chi connectivity index (χ4n) is 2.11. The number of ether oxygens (including phenoxy) is 2. The van der Waals surface area contributed by atoms with Gasteiger partial charge in [-0.25, -0.2) is 5.01 Å². The molecule has 1 aromatic rings. The number of carbonyl (C=O) groups is 3. The third-order valence-corrected chi connectivity index (χ3v) is 4.07. The number of thioether (sulfide) groups is 1. The number of amides is 2. The van der Waals surface area contributed by atoms with Crippen LogP contribution in [0.1, 0.15) is 31.7 Å². The lowest BCUT2D eigenvalue weighted by molar-refractivity contribution is -0.132. The van der Waals surface area contributed by atoms with Crippen molar-refractivity contribution >= 4 is 34.7 Å². The summed E-state index contributed by atoms with van der Waals surface area (Å²) >= 11 is 1.17.